The Morgan fingerprint density at radius 2 is 1.93 bits per heavy atom. The number of hydrogen-bond acceptors (Lipinski definition) is 4. The molecule has 0 saturated heterocycles. The number of methoxy groups -OCH3 is 1. The van der Waals surface area contributed by atoms with Gasteiger partial charge < -0.3 is 15.6 Å². The van der Waals surface area contributed by atoms with Crippen LogP contribution in [0.25, 0.3) is 12.2 Å². The molecule has 0 radical (unpaired) electrons. The van der Waals surface area contributed by atoms with E-state index < -0.39 is 0 Å². The Bertz CT molecular complexity index is 1180. The summed E-state index contributed by atoms with van der Waals surface area (Å²) in [6.45, 7) is 0. The summed E-state index contributed by atoms with van der Waals surface area (Å²) in [4.78, 5) is 16.8. The molecular formula is C21H20N4O2. The molecule has 0 saturated carbocycles. The van der Waals surface area contributed by atoms with Crippen molar-refractivity contribution in [1.82, 2.24) is 10.2 Å². The molecule has 0 unspecified atom stereocenters. The molecule has 4 N–H and O–H groups in total. The van der Waals surface area contributed by atoms with Gasteiger partial charge in [-0.1, -0.05) is 12.1 Å². The molecule has 1 aromatic heterocycles. The van der Waals surface area contributed by atoms with E-state index in [0.29, 0.717) is 12.0 Å². The van der Waals surface area contributed by atoms with Crippen LogP contribution in [0.2, 0.25) is 0 Å². The smallest absolute Gasteiger partial charge is 0.271 e. The van der Waals surface area contributed by atoms with E-state index in [9.17, 15) is 4.79 Å². The van der Waals surface area contributed by atoms with Gasteiger partial charge in [-0.25, -0.2) is 4.99 Å². The van der Waals surface area contributed by atoms with Crippen LogP contribution in [-0.2, 0) is 12.8 Å². The lowest BCUT2D eigenvalue weighted by molar-refractivity contribution is 0.414. The standard InChI is InChI=1S/C21H20N4O2/c1-27-17-7-9-19-14(11-17)10-16(23-19)12-18-20(24-25-21(18)26)8-4-13-2-5-15(22)6-3-13/h2-3,5-7,9-12H,4,8,22H2,1H3,(H2,24,25,26)/b16-12+. The number of allylic oxidation sites excluding steroid dienone is 1. The Balaban J connectivity index is 1.60. The predicted molar refractivity (Wildman–Crippen MR) is 106 cm³/mol. The number of anilines is 1. The summed E-state index contributed by atoms with van der Waals surface area (Å²) in [5, 5.41) is 7.52. The first-order valence-electron chi connectivity index (χ1n) is 8.72. The Hall–Kier alpha value is -3.54. The maximum absolute atomic E-state index is 12.2. The maximum atomic E-state index is 12.2. The van der Waals surface area contributed by atoms with Crippen LogP contribution in [0.15, 0.2) is 57.9 Å². The SMILES string of the molecule is COc1ccc2c(c1)=C/C(=C\c1c(CCc3ccc(N)cc3)[nH][nH]c1=O)N=2. The number of nitrogens with two attached hydrogens (primary N) is 1. The first-order valence-corrected chi connectivity index (χ1v) is 8.72. The molecule has 0 bridgehead atoms. The average molecular weight is 360 g/mol. The number of ether oxygens (including phenoxy) is 1. The summed E-state index contributed by atoms with van der Waals surface area (Å²) in [7, 11) is 1.64. The van der Waals surface area contributed by atoms with Crippen molar-refractivity contribution >= 4 is 17.8 Å². The van der Waals surface area contributed by atoms with Gasteiger partial charge >= 0.3 is 0 Å². The molecule has 1 aliphatic rings. The largest absolute Gasteiger partial charge is 0.497 e. The molecule has 2 heterocycles. The predicted octanol–water partition coefficient (Wildman–Crippen LogP) is 1.53. The van der Waals surface area contributed by atoms with Gasteiger partial charge in [0.05, 0.1) is 23.7 Å². The molecule has 0 atom stereocenters. The molecule has 6 heteroatoms. The molecule has 6 nitrogen and oxygen atoms in total. The van der Waals surface area contributed by atoms with Crippen LogP contribution < -0.4 is 26.6 Å². The van der Waals surface area contributed by atoms with Gasteiger partial charge in [-0.15, -0.1) is 0 Å². The molecule has 27 heavy (non-hydrogen) atoms. The lowest BCUT2D eigenvalue weighted by Gasteiger charge is -2.02. The molecule has 0 amide bonds. The Morgan fingerprint density at radius 1 is 1.11 bits per heavy atom. The number of hydrogen-bond donors (Lipinski definition) is 3. The summed E-state index contributed by atoms with van der Waals surface area (Å²) < 4.78 is 5.25. The van der Waals surface area contributed by atoms with Crippen LogP contribution in [0.3, 0.4) is 0 Å². The summed E-state index contributed by atoms with van der Waals surface area (Å²) in [6.07, 6.45) is 5.29. The third-order valence-electron chi connectivity index (χ3n) is 4.62. The maximum Gasteiger partial charge on any atom is 0.271 e. The number of aromatic amines is 2. The number of aryl methyl sites for hydroxylation is 2. The Labute approximate surface area is 155 Å². The van der Waals surface area contributed by atoms with Crippen molar-refractivity contribution in [1.29, 1.82) is 0 Å². The minimum Gasteiger partial charge on any atom is -0.497 e. The number of fused-ring (bicyclic) bond motifs is 1. The number of benzene rings is 2. The van der Waals surface area contributed by atoms with Gasteiger partial charge in [0.25, 0.3) is 5.56 Å². The van der Waals surface area contributed by atoms with Crippen LogP contribution in [0.5, 0.6) is 5.75 Å². The molecule has 2 aromatic carbocycles. The highest BCUT2D eigenvalue weighted by molar-refractivity contribution is 5.66. The van der Waals surface area contributed by atoms with E-state index in [-0.39, 0.29) is 5.56 Å². The monoisotopic (exact) mass is 360 g/mol. The van der Waals surface area contributed by atoms with Crippen LogP contribution in [0.1, 0.15) is 16.8 Å². The van der Waals surface area contributed by atoms with Crippen molar-refractivity contribution < 1.29 is 4.74 Å². The lowest BCUT2D eigenvalue weighted by atomic mass is 10.1. The van der Waals surface area contributed by atoms with E-state index in [4.69, 9.17) is 10.5 Å². The van der Waals surface area contributed by atoms with E-state index >= 15 is 0 Å². The second-order valence-electron chi connectivity index (χ2n) is 6.46. The zero-order valence-corrected chi connectivity index (χ0v) is 15.0. The highest BCUT2D eigenvalue weighted by Gasteiger charge is 2.10. The van der Waals surface area contributed by atoms with Crippen LogP contribution in [-0.4, -0.2) is 17.3 Å². The molecule has 0 spiro atoms. The van der Waals surface area contributed by atoms with Gasteiger partial charge in [-0.2, -0.15) is 0 Å². The van der Waals surface area contributed by atoms with E-state index in [2.05, 4.69) is 15.2 Å². The van der Waals surface area contributed by atoms with Crippen molar-refractivity contribution in [3.63, 3.8) is 0 Å². The van der Waals surface area contributed by atoms with Crippen LogP contribution >= 0.6 is 0 Å². The van der Waals surface area contributed by atoms with E-state index in [1.807, 2.05) is 54.6 Å². The third-order valence-corrected chi connectivity index (χ3v) is 4.62. The fourth-order valence-corrected chi connectivity index (χ4v) is 3.14. The highest BCUT2D eigenvalue weighted by Crippen LogP contribution is 2.14. The second-order valence-corrected chi connectivity index (χ2v) is 6.46. The van der Waals surface area contributed by atoms with E-state index in [1.165, 1.54) is 5.56 Å². The number of rotatable bonds is 5. The Kier molecular flexibility index (Phi) is 4.38. The van der Waals surface area contributed by atoms with Crippen molar-refractivity contribution in [3.05, 3.63) is 85.9 Å². The van der Waals surface area contributed by atoms with Gasteiger partial charge in [-0.05, 0) is 60.9 Å². The second kappa shape index (κ2) is 6.99. The third kappa shape index (κ3) is 3.55. The van der Waals surface area contributed by atoms with Crippen molar-refractivity contribution in [2.45, 2.75) is 12.8 Å². The minimum atomic E-state index is -0.146. The summed E-state index contributed by atoms with van der Waals surface area (Å²) in [6, 6.07) is 13.5. The number of aromatic nitrogens is 2. The summed E-state index contributed by atoms with van der Waals surface area (Å²) >= 11 is 0. The molecule has 4 rings (SSSR count). The summed E-state index contributed by atoms with van der Waals surface area (Å²) in [5.41, 5.74) is 9.71. The first kappa shape index (κ1) is 16.9. The topological polar surface area (TPSA) is 96.3 Å². The number of nitrogen functional groups attached to an aromatic ring is 1. The van der Waals surface area contributed by atoms with Gasteiger partial charge in [-0.3, -0.25) is 9.89 Å². The molecule has 0 fully saturated rings. The van der Waals surface area contributed by atoms with E-state index in [0.717, 1.165) is 39.8 Å². The van der Waals surface area contributed by atoms with Crippen LogP contribution in [0.4, 0.5) is 5.69 Å². The van der Waals surface area contributed by atoms with Crippen molar-refractivity contribution in [2.24, 2.45) is 4.99 Å². The molecule has 1 aliphatic heterocycles. The lowest BCUT2D eigenvalue weighted by Crippen LogP contribution is -2.20. The van der Waals surface area contributed by atoms with Gasteiger partial charge in [0.15, 0.2) is 0 Å². The number of H-pyrrole nitrogens is 2. The fraction of sp³-hybridized carbons (Fsp3) is 0.143. The zero-order chi connectivity index (χ0) is 18.8. The Morgan fingerprint density at radius 3 is 2.70 bits per heavy atom. The van der Waals surface area contributed by atoms with Crippen molar-refractivity contribution in [3.8, 4) is 5.75 Å². The van der Waals surface area contributed by atoms with Crippen LogP contribution in [0, 0.1) is 0 Å². The van der Waals surface area contributed by atoms with Gasteiger partial charge in [0, 0.05) is 16.6 Å². The molecule has 136 valence electrons. The summed E-state index contributed by atoms with van der Waals surface area (Å²) in [5.74, 6) is 0.783. The molecule has 3 aromatic rings. The fourth-order valence-electron chi connectivity index (χ4n) is 3.14. The first-order chi connectivity index (χ1) is 13.1. The van der Waals surface area contributed by atoms with E-state index in [1.54, 1.807) is 7.11 Å². The number of nitrogens with zero attached hydrogens (tertiary/aromatic N) is 1. The normalized spacial score (nSPS) is 13.9. The minimum absolute atomic E-state index is 0.146. The highest BCUT2D eigenvalue weighted by atomic mass is 16.5. The molecule has 0 aliphatic carbocycles. The zero-order valence-electron chi connectivity index (χ0n) is 15.0. The number of nitrogens with one attached hydrogen (secondary N) is 2. The van der Waals surface area contributed by atoms with Gasteiger partial charge in [0.2, 0.25) is 0 Å². The van der Waals surface area contributed by atoms with Crippen molar-refractivity contribution in [2.75, 3.05) is 12.8 Å². The quantitative estimate of drug-likeness (QED) is 0.602. The molecular weight excluding hydrogens is 340 g/mol. The van der Waals surface area contributed by atoms with Gasteiger partial charge in [0.1, 0.15) is 5.75 Å². The average Bonchev–Trinajstić information content (AvgIpc) is 3.24.